The molecule has 3 rings (SSSR count). The molecule has 0 bridgehead atoms. The fraction of sp³-hybridized carbons (Fsp3) is 0.118. The molecule has 124 valence electrons. The van der Waals surface area contributed by atoms with Crippen molar-refractivity contribution >= 4 is 17.4 Å². The van der Waals surface area contributed by atoms with Crippen LogP contribution in [0, 0.1) is 6.92 Å². The Morgan fingerprint density at radius 1 is 1.08 bits per heavy atom. The van der Waals surface area contributed by atoms with Crippen LogP contribution in [0.3, 0.4) is 0 Å². The number of hydrogen-bond donors (Lipinski definition) is 1. The van der Waals surface area contributed by atoms with E-state index in [4.69, 9.17) is 17.3 Å². The Kier molecular flexibility index (Phi) is 4.01. The summed E-state index contributed by atoms with van der Waals surface area (Å²) in [4.78, 5) is 0. The minimum Gasteiger partial charge on any atom is -0.383 e. The Labute approximate surface area is 141 Å². The molecule has 0 fully saturated rings. The number of anilines is 1. The third kappa shape index (κ3) is 2.85. The van der Waals surface area contributed by atoms with Crippen LogP contribution >= 0.6 is 11.6 Å². The molecule has 2 aromatic carbocycles. The number of alkyl halides is 3. The lowest BCUT2D eigenvalue weighted by molar-refractivity contribution is -0.140. The van der Waals surface area contributed by atoms with E-state index in [1.54, 1.807) is 49.4 Å². The van der Waals surface area contributed by atoms with Gasteiger partial charge in [0.1, 0.15) is 5.82 Å². The van der Waals surface area contributed by atoms with Gasteiger partial charge in [0.2, 0.25) is 0 Å². The van der Waals surface area contributed by atoms with Crippen LogP contribution in [0.15, 0.2) is 48.5 Å². The van der Waals surface area contributed by atoms with Crippen molar-refractivity contribution in [1.82, 2.24) is 9.78 Å². The first-order valence-corrected chi connectivity index (χ1v) is 7.44. The second kappa shape index (κ2) is 5.87. The molecule has 0 saturated heterocycles. The molecule has 3 nitrogen and oxygen atoms in total. The first-order valence-electron chi connectivity index (χ1n) is 7.06. The van der Waals surface area contributed by atoms with Gasteiger partial charge in [0, 0.05) is 5.02 Å². The summed E-state index contributed by atoms with van der Waals surface area (Å²) in [5.41, 5.74) is 6.34. The SMILES string of the molecule is Cc1ccccc1-c1c(C(F)(F)F)nn(-c2cccc(Cl)c2)c1N. The summed E-state index contributed by atoms with van der Waals surface area (Å²) in [5.74, 6) is -0.0844. The van der Waals surface area contributed by atoms with E-state index in [0.29, 0.717) is 21.8 Å². The number of nitrogens with zero attached hydrogens (tertiary/aromatic N) is 2. The fourth-order valence-electron chi connectivity index (χ4n) is 2.55. The number of benzene rings is 2. The number of nitrogen functional groups attached to an aromatic ring is 1. The first-order chi connectivity index (χ1) is 11.3. The molecule has 0 saturated carbocycles. The first kappa shape index (κ1) is 16.4. The van der Waals surface area contributed by atoms with E-state index in [2.05, 4.69) is 5.10 Å². The van der Waals surface area contributed by atoms with E-state index < -0.39 is 11.9 Å². The van der Waals surface area contributed by atoms with Crippen molar-refractivity contribution in [3.8, 4) is 16.8 Å². The number of hydrogen-bond acceptors (Lipinski definition) is 2. The highest BCUT2D eigenvalue weighted by Gasteiger charge is 2.39. The summed E-state index contributed by atoms with van der Waals surface area (Å²) < 4.78 is 41.6. The van der Waals surface area contributed by atoms with Crippen LogP contribution < -0.4 is 5.73 Å². The molecule has 1 heterocycles. The number of rotatable bonds is 2. The molecule has 1 aromatic heterocycles. The summed E-state index contributed by atoms with van der Waals surface area (Å²) in [6.07, 6.45) is -4.63. The van der Waals surface area contributed by atoms with Crippen molar-refractivity contribution in [2.75, 3.05) is 5.73 Å². The Hall–Kier alpha value is -2.47. The Bertz CT molecular complexity index is 900. The molecule has 0 amide bonds. The number of halogens is 4. The molecule has 2 N–H and O–H groups in total. The van der Waals surface area contributed by atoms with Crippen LogP contribution in [-0.2, 0) is 6.18 Å². The van der Waals surface area contributed by atoms with Gasteiger partial charge in [0.15, 0.2) is 5.69 Å². The zero-order chi connectivity index (χ0) is 17.5. The molecule has 3 aromatic rings. The van der Waals surface area contributed by atoms with Gasteiger partial charge in [-0.05, 0) is 36.2 Å². The van der Waals surface area contributed by atoms with Gasteiger partial charge in [-0.25, -0.2) is 4.68 Å². The zero-order valence-corrected chi connectivity index (χ0v) is 13.4. The average molecular weight is 352 g/mol. The number of aromatic nitrogens is 2. The van der Waals surface area contributed by atoms with Crippen LogP contribution in [0.4, 0.5) is 19.0 Å². The van der Waals surface area contributed by atoms with Crippen LogP contribution in [0.25, 0.3) is 16.8 Å². The fourth-order valence-corrected chi connectivity index (χ4v) is 2.74. The van der Waals surface area contributed by atoms with Crippen molar-refractivity contribution in [2.24, 2.45) is 0 Å². The van der Waals surface area contributed by atoms with Gasteiger partial charge < -0.3 is 5.73 Å². The predicted molar refractivity (Wildman–Crippen MR) is 88.2 cm³/mol. The molecule has 24 heavy (non-hydrogen) atoms. The third-order valence-corrected chi connectivity index (χ3v) is 3.89. The highest BCUT2D eigenvalue weighted by atomic mass is 35.5. The quantitative estimate of drug-likeness (QED) is 0.697. The molecular weight excluding hydrogens is 339 g/mol. The largest absolute Gasteiger partial charge is 0.435 e. The van der Waals surface area contributed by atoms with Crippen molar-refractivity contribution in [1.29, 1.82) is 0 Å². The van der Waals surface area contributed by atoms with Crippen molar-refractivity contribution in [3.05, 3.63) is 64.8 Å². The monoisotopic (exact) mass is 351 g/mol. The molecule has 0 aliphatic carbocycles. The lowest BCUT2D eigenvalue weighted by Gasteiger charge is -2.09. The highest BCUT2D eigenvalue weighted by Crippen LogP contribution is 2.41. The summed E-state index contributed by atoms with van der Waals surface area (Å²) in [5, 5.41) is 4.10. The van der Waals surface area contributed by atoms with E-state index in [1.165, 1.54) is 6.07 Å². The predicted octanol–water partition coefficient (Wildman–Crippen LogP) is 5.10. The van der Waals surface area contributed by atoms with E-state index in [1.807, 2.05) is 0 Å². The Morgan fingerprint density at radius 2 is 1.79 bits per heavy atom. The zero-order valence-electron chi connectivity index (χ0n) is 12.6. The van der Waals surface area contributed by atoms with Crippen LogP contribution in [0.2, 0.25) is 5.02 Å². The lowest BCUT2D eigenvalue weighted by atomic mass is 10.00. The third-order valence-electron chi connectivity index (χ3n) is 3.66. The van der Waals surface area contributed by atoms with Crippen LogP contribution in [0.5, 0.6) is 0 Å². The molecule has 7 heteroatoms. The summed E-state index contributed by atoms with van der Waals surface area (Å²) >= 11 is 5.92. The van der Waals surface area contributed by atoms with Gasteiger partial charge in [0.25, 0.3) is 0 Å². The molecule has 0 aliphatic rings. The summed E-state index contributed by atoms with van der Waals surface area (Å²) in [7, 11) is 0. The maximum atomic E-state index is 13.5. The minimum atomic E-state index is -4.63. The Morgan fingerprint density at radius 3 is 2.42 bits per heavy atom. The maximum absolute atomic E-state index is 13.5. The molecule has 0 spiro atoms. The normalized spacial score (nSPS) is 11.7. The summed E-state index contributed by atoms with van der Waals surface area (Å²) in [6.45, 7) is 1.73. The maximum Gasteiger partial charge on any atom is 0.435 e. The number of aryl methyl sites for hydroxylation is 1. The van der Waals surface area contributed by atoms with E-state index in [0.717, 1.165) is 4.68 Å². The van der Waals surface area contributed by atoms with Crippen molar-refractivity contribution in [2.45, 2.75) is 13.1 Å². The summed E-state index contributed by atoms with van der Waals surface area (Å²) in [6, 6.07) is 13.1. The molecule has 0 unspecified atom stereocenters. The van der Waals surface area contributed by atoms with Gasteiger partial charge in [0.05, 0.1) is 11.3 Å². The lowest BCUT2D eigenvalue weighted by Crippen LogP contribution is -2.08. The van der Waals surface area contributed by atoms with Gasteiger partial charge >= 0.3 is 6.18 Å². The van der Waals surface area contributed by atoms with E-state index >= 15 is 0 Å². The second-order valence-electron chi connectivity index (χ2n) is 5.31. The molecular formula is C17H13ClF3N3. The van der Waals surface area contributed by atoms with Gasteiger partial charge in [-0.15, -0.1) is 0 Å². The molecule has 0 radical (unpaired) electrons. The minimum absolute atomic E-state index is 0.0844. The van der Waals surface area contributed by atoms with Crippen LogP contribution in [-0.4, -0.2) is 9.78 Å². The van der Waals surface area contributed by atoms with Gasteiger partial charge in [-0.3, -0.25) is 0 Å². The van der Waals surface area contributed by atoms with Gasteiger partial charge in [-0.2, -0.15) is 18.3 Å². The van der Waals surface area contributed by atoms with Gasteiger partial charge in [-0.1, -0.05) is 41.9 Å². The number of nitrogens with two attached hydrogens (primary N) is 1. The van der Waals surface area contributed by atoms with E-state index in [9.17, 15) is 13.2 Å². The van der Waals surface area contributed by atoms with E-state index in [-0.39, 0.29) is 11.4 Å². The van der Waals surface area contributed by atoms with Crippen LogP contribution in [0.1, 0.15) is 11.3 Å². The average Bonchev–Trinajstić information content (AvgIpc) is 2.85. The smallest absolute Gasteiger partial charge is 0.383 e. The topological polar surface area (TPSA) is 43.8 Å². The standard InChI is InChI=1S/C17H13ClF3N3/c1-10-5-2-3-8-13(10)14-15(17(19,20)21)23-24(16(14)22)12-7-4-6-11(18)9-12/h2-9H,22H2,1H3. The molecule has 0 aliphatic heterocycles. The highest BCUT2D eigenvalue weighted by molar-refractivity contribution is 6.30. The Balaban J connectivity index is 2.31. The van der Waals surface area contributed by atoms with Crippen molar-refractivity contribution < 1.29 is 13.2 Å². The molecule has 0 atom stereocenters. The second-order valence-corrected chi connectivity index (χ2v) is 5.75. The van der Waals surface area contributed by atoms with Crippen molar-refractivity contribution in [3.63, 3.8) is 0 Å².